The summed E-state index contributed by atoms with van der Waals surface area (Å²) in [5.74, 6) is 0.383. The fourth-order valence-electron chi connectivity index (χ4n) is 1.73. The lowest BCUT2D eigenvalue weighted by molar-refractivity contribution is 0.617. The van der Waals surface area contributed by atoms with E-state index in [1.807, 2.05) is 18.3 Å². The van der Waals surface area contributed by atoms with Gasteiger partial charge in [-0.15, -0.1) is 11.8 Å². The zero-order valence-corrected chi connectivity index (χ0v) is 10.2. The van der Waals surface area contributed by atoms with Gasteiger partial charge in [-0.25, -0.2) is 14.4 Å². The van der Waals surface area contributed by atoms with Gasteiger partial charge in [0.15, 0.2) is 0 Å². The largest absolute Gasteiger partial charge is 0.346 e. The van der Waals surface area contributed by atoms with E-state index in [0.717, 1.165) is 16.1 Å². The number of aromatic nitrogens is 3. The van der Waals surface area contributed by atoms with Crippen molar-refractivity contribution in [2.24, 2.45) is 0 Å². The van der Waals surface area contributed by atoms with Crippen molar-refractivity contribution in [3.05, 3.63) is 54.2 Å². The fraction of sp³-hybridized carbons (Fsp3) is 0.0769. The third-order valence-corrected chi connectivity index (χ3v) is 3.69. The molecule has 2 aromatic heterocycles. The van der Waals surface area contributed by atoms with Crippen molar-refractivity contribution in [1.29, 1.82) is 0 Å². The first-order chi connectivity index (χ1) is 8.84. The second-order valence-corrected chi connectivity index (χ2v) is 4.76. The Hall–Kier alpha value is -1.88. The summed E-state index contributed by atoms with van der Waals surface area (Å²) < 4.78 is 13.5. The van der Waals surface area contributed by atoms with Crippen molar-refractivity contribution in [3.8, 4) is 0 Å². The molecule has 3 rings (SSSR count). The number of hydrogen-bond acceptors (Lipinski definition) is 3. The van der Waals surface area contributed by atoms with Gasteiger partial charge in [0.2, 0.25) is 0 Å². The Balaban J connectivity index is 1.85. The normalized spacial score (nSPS) is 10.9. The van der Waals surface area contributed by atoms with Crippen LogP contribution in [0, 0.1) is 5.82 Å². The lowest BCUT2D eigenvalue weighted by atomic mass is 10.2. The maximum atomic E-state index is 13.5. The number of hydrogen-bond donors (Lipinski definition) is 1. The Bertz CT molecular complexity index is 681. The van der Waals surface area contributed by atoms with Gasteiger partial charge in [-0.05, 0) is 17.7 Å². The van der Waals surface area contributed by atoms with Crippen molar-refractivity contribution in [2.45, 2.75) is 10.8 Å². The van der Waals surface area contributed by atoms with Crippen LogP contribution in [0.3, 0.4) is 0 Å². The van der Waals surface area contributed by atoms with E-state index in [2.05, 4.69) is 15.0 Å². The van der Waals surface area contributed by atoms with Crippen LogP contribution < -0.4 is 0 Å². The van der Waals surface area contributed by atoms with E-state index in [1.165, 1.54) is 24.2 Å². The Morgan fingerprint density at radius 3 is 2.94 bits per heavy atom. The quantitative estimate of drug-likeness (QED) is 0.579. The molecule has 0 bridgehead atoms. The monoisotopic (exact) mass is 259 g/mol. The molecule has 18 heavy (non-hydrogen) atoms. The lowest BCUT2D eigenvalue weighted by Crippen LogP contribution is -1.89. The first-order valence-electron chi connectivity index (χ1n) is 5.49. The number of thioether (sulfide) groups is 1. The molecule has 0 amide bonds. The van der Waals surface area contributed by atoms with Gasteiger partial charge in [0.1, 0.15) is 22.8 Å². The van der Waals surface area contributed by atoms with Crippen molar-refractivity contribution >= 4 is 22.8 Å². The Labute approximate surface area is 107 Å². The smallest absolute Gasteiger partial charge is 0.141 e. The molecule has 0 aliphatic heterocycles. The molecule has 1 aromatic carbocycles. The average Bonchev–Trinajstić information content (AvgIpc) is 2.86. The zero-order chi connectivity index (χ0) is 12.4. The van der Waals surface area contributed by atoms with Gasteiger partial charge < -0.3 is 4.98 Å². The number of aromatic amines is 1. The number of benzene rings is 1. The van der Waals surface area contributed by atoms with Crippen LogP contribution in [-0.2, 0) is 5.75 Å². The van der Waals surface area contributed by atoms with Crippen LogP contribution in [0.4, 0.5) is 4.39 Å². The molecular weight excluding hydrogens is 249 g/mol. The van der Waals surface area contributed by atoms with Crippen molar-refractivity contribution in [3.63, 3.8) is 0 Å². The predicted molar refractivity (Wildman–Crippen MR) is 69.8 cm³/mol. The summed E-state index contributed by atoms with van der Waals surface area (Å²) in [5, 5.41) is 1.84. The van der Waals surface area contributed by atoms with Gasteiger partial charge in [0, 0.05) is 11.9 Å². The number of halogens is 1. The number of rotatable bonds is 3. The molecular formula is C13H10FN3S. The number of nitrogens with one attached hydrogen (secondary N) is 1. The molecule has 5 heteroatoms. The molecule has 0 saturated carbocycles. The van der Waals surface area contributed by atoms with Crippen LogP contribution in [0.5, 0.6) is 0 Å². The number of nitrogens with zero attached hydrogens (tertiary/aromatic N) is 2. The topological polar surface area (TPSA) is 41.6 Å². The highest BCUT2D eigenvalue weighted by molar-refractivity contribution is 7.98. The maximum Gasteiger partial charge on any atom is 0.141 e. The highest BCUT2D eigenvalue weighted by atomic mass is 32.2. The Morgan fingerprint density at radius 1 is 1.17 bits per heavy atom. The van der Waals surface area contributed by atoms with E-state index in [9.17, 15) is 4.39 Å². The Kier molecular flexibility index (Phi) is 2.98. The summed E-state index contributed by atoms with van der Waals surface area (Å²) in [6.07, 6.45) is 3.34. The molecule has 0 aliphatic carbocycles. The third kappa shape index (κ3) is 2.09. The third-order valence-electron chi connectivity index (χ3n) is 2.64. The van der Waals surface area contributed by atoms with E-state index in [4.69, 9.17) is 0 Å². The minimum atomic E-state index is -0.177. The zero-order valence-electron chi connectivity index (χ0n) is 9.43. The summed E-state index contributed by atoms with van der Waals surface area (Å²) in [6.45, 7) is 0. The van der Waals surface area contributed by atoms with Crippen LogP contribution in [0.25, 0.3) is 11.0 Å². The standard InChI is InChI=1S/C13H10FN3S/c14-11-4-2-1-3-9(11)7-18-13-10-5-6-15-12(10)16-8-17-13/h1-6,8H,7H2,(H,15,16,17). The summed E-state index contributed by atoms with van der Waals surface area (Å²) in [6, 6.07) is 8.72. The maximum absolute atomic E-state index is 13.5. The van der Waals surface area contributed by atoms with Crippen LogP contribution in [-0.4, -0.2) is 15.0 Å². The van der Waals surface area contributed by atoms with Gasteiger partial charge in [-0.3, -0.25) is 0 Å². The van der Waals surface area contributed by atoms with Gasteiger partial charge >= 0.3 is 0 Å². The van der Waals surface area contributed by atoms with E-state index < -0.39 is 0 Å². The lowest BCUT2D eigenvalue weighted by Gasteiger charge is -2.03. The molecule has 3 nitrogen and oxygen atoms in total. The van der Waals surface area contributed by atoms with Crippen LogP contribution >= 0.6 is 11.8 Å². The molecule has 0 atom stereocenters. The SMILES string of the molecule is Fc1ccccc1CSc1ncnc2[nH]ccc12. The van der Waals surface area contributed by atoms with E-state index in [-0.39, 0.29) is 5.82 Å². The van der Waals surface area contributed by atoms with Crippen LogP contribution in [0.15, 0.2) is 47.9 Å². The molecule has 3 aromatic rings. The molecule has 0 unspecified atom stereocenters. The molecule has 90 valence electrons. The molecule has 0 saturated heterocycles. The van der Waals surface area contributed by atoms with E-state index >= 15 is 0 Å². The summed E-state index contributed by atoms with van der Waals surface area (Å²) in [7, 11) is 0. The predicted octanol–water partition coefficient (Wildman–Crippen LogP) is 3.39. The minimum absolute atomic E-state index is 0.177. The molecule has 2 heterocycles. The fourth-order valence-corrected chi connectivity index (χ4v) is 2.69. The molecule has 1 N–H and O–H groups in total. The van der Waals surface area contributed by atoms with Crippen LogP contribution in [0.1, 0.15) is 5.56 Å². The van der Waals surface area contributed by atoms with Gasteiger partial charge in [0.25, 0.3) is 0 Å². The number of H-pyrrole nitrogens is 1. The summed E-state index contributed by atoms with van der Waals surface area (Å²) in [5.41, 5.74) is 1.49. The molecule has 0 radical (unpaired) electrons. The minimum Gasteiger partial charge on any atom is -0.346 e. The Morgan fingerprint density at radius 2 is 2.06 bits per heavy atom. The first-order valence-corrected chi connectivity index (χ1v) is 6.47. The summed E-state index contributed by atoms with van der Waals surface area (Å²) >= 11 is 1.51. The average molecular weight is 259 g/mol. The van der Waals surface area contributed by atoms with Gasteiger partial charge in [-0.2, -0.15) is 0 Å². The van der Waals surface area contributed by atoms with Crippen LogP contribution in [0.2, 0.25) is 0 Å². The molecule has 0 spiro atoms. The summed E-state index contributed by atoms with van der Waals surface area (Å²) in [4.78, 5) is 11.4. The highest BCUT2D eigenvalue weighted by Crippen LogP contribution is 2.27. The van der Waals surface area contributed by atoms with E-state index in [1.54, 1.807) is 12.1 Å². The van der Waals surface area contributed by atoms with Crippen molar-refractivity contribution < 1.29 is 4.39 Å². The van der Waals surface area contributed by atoms with Crippen molar-refractivity contribution in [1.82, 2.24) is 15.0 Å². The highest BCUT2D eigenvalue weighted by Gasteiger charge is 2.07. The second-order valence-electron chi connectivity index (χ2n) is 3.80. The number of fused-ring (bicyclic) bond motifs is 1. The molecule has 0 fully saturated rings. The molecule has 0 aliphatic rings. The van der Waals surface area contributed by atoms with Gasteiger partial charge in [-0.1, -0.05) is 18.2 Å². The second kappa shape index (κ2) is 4.78. The van der Waals surface area contributed by atoms with E-state index in [0.29, 0.717) is 11.3 Å². The van der Waals surface area contributed by atoms with Gasteiger partial charge in [0.05, 0.1) is 5.39 Å². The van der Waals surface area contributed by atoms with Crippen molar-refractivity contribution in [2.75, 3.05) is 0 Å². The first kappa shape index (κ1) is 11.2.